The molecular formula is C11H15F2N. The third-order valence-electron chi connectivity index (χ3n) is 2.28. The molecule has 1 unspecified atom stereocenters. The third-order valence-corrected chi connectivity index (χ3v) is 2.28. The van der Waals surface area contributed by atoms with E-state index in [-0.39, 0.29) is 18.0 Å². The van der Waals surface area contributed by atoms with E-state index in [0.717, 1.165) is 5.56 Å². The molecule has 0 aliphatic carbocycles. The van der Waals surface area contributed by atoms with Crippen molar-refractivity contribution in [2.75, 3.05) is 0 Å². The number of nitrogens with two attached hydrogens (primary N) is 1. The summed E-state index contributed by atoms with van der Waals surface area (Å²) in [6, 6.07) is 6.10. The number of halogens is 2. The predicted molar refractivity (Wildman–Crippen MR) is 53.2 cm³/mol. The molecule has 0 fully saturated rings. The fourth-order valence-electron chi connectivity index (χ4n) is 1.25. The van der Waals surface area contributed by atoms with Crippen LogP contribution in [0, 0.1) is 0 Å². The van der Waals surface area contributed by atoms with Gasteiger partial charge < -0.3 is 5.73 Å². The lowest BCUT2D eigenvalue weighted by atomic mass is 10.0. The maximum atomic E-state index is 13.3. The van der Waals surface area contributed by atoms with Gasteiger partial charge in [-0.25, -0.2) is 8.78 Å². The molecule has 0 radical (unpaired) electrons. The molecule has 78 valence electrons. The predicted octanol–water partition coefficient (Wildman–Crippen LogP) is 3.21. The molecule has 0 saturated carbocycles. The van der Waals surface area contributed by atoms with E-state index >= 15 is 0 Å². The zero-order valence-corrected chi connectivity index (χ0v) is 8.43. The van der Waals surface area contributed by atoms with Gasteiger partial charge in [0.25, 0.3) is 5.92 Å². The molecule has 0 spiro atoms. The van der Waals surface area contributed by atoms with E-state index in [2.05, 4.69) is 0 Å². The normalized spacial score (nSPS) is 14.1. The number of rotatable bonds is 3. The summed E-state index contributed by atoms with van der Waals surface area (Å²) in [5, 5.41) is 0. The molecule has 14 heavy (non-hydrogen) atoms. The van der Waals surface area contributed by atoms with Gasteiger partial charge in [0.15, 0.2) is 0 Å². The van der Waals surface area contributed by atoms with Gasteiger partial charge in [0, 0.05) is 18.0 Å². The molecule has 0 aliphatic heterocycles. The average Bonchev–Trinajstić information content (AvgIpc) is 2.18. The van der Waals surface area contributed by atoms with Crippen LogP contribution in [0.2, 0.25) is 0 Å². The van der Waals surface area contributed by atoms with Crippen molar-refractivity contribution in [2.45, 2.75) is 32.2 Å². The highest BCUT2D eigenvalue weighted by molar-refractivity contribution is 5.28. The Hall–Kier alpha value is -0.960. The van der Waals surface area contributed by atoms with Crippen LogP contribution in [0.5, 0.6) is 0 Å². The Morgan fingerprint density at radius 1 is 1.43 bits per heavy atom. The first-order valence-electron chi connectivity index (χ1n) is 4.71. The Kier molecular flexibility index (Phi) is 3.21. The van der Waals surface area contributed by atoms with E-state index in [1.807, 2.05) is 0 Å². The van der Waals surface area contributed by atoms with Crippen molar-refractivity contribution >= 4 is 0 Å². The van der Waals surface area contributed by atoms with Crippen LogP contribution in [0.4, 0.5) is 8.78 Å². The van der Waals surface area contributed by atoms with Crippen molar-refractivity contribution in [1.29, 1.82) is 0 Å². The Bertz CT molecular complexity index is 308. The molecular weight excluding hydrogens is 184 g/mol. The number of alkyl halides is 2. The highest BCUT2D eigenvalue weighted by atomic mass is 19.3. The van der Waals surface area contributed by atoms with Crippen molar-refractivity contribution in [3.8, 4) is 0 Å². The minimum Gasteiger partial charge on any atom is -0.324 e. The first-order chi connectivity index (χ1) is 6.47. The van der Waals surface area contributed by atoms with E-state index in [9.17, 15) is 8.78 Å². The smallest absolute Gasteiger partial charge is 0.273 e. The average molecular weight is 199 g/mol. The molecule has 0 aliphatic rings. The molecule has 0 saturated heterocycles. The lowest BCUT2D eigenvalue weighted by Gasteiger charge is -2.16. The van der Waals surface area contributed by atoms with Crippen LogP contribution in [0.1, 0.15) is 37.4 Å². The van der Waals surface area contributed by atoms with Gasteiger partial charge in [-0.15, -0.1) is 0 Å². The summed E-state index contributed by atoms with van der Waals surface area (Å²) in [6.45, 7) is 3.25. The van der Waals surface area contributed by atoms with Crippen molar-refractivity contribution in [3.05, 3.63) is 35.4 Å². The van der Waals surface area contributed by atoms with E-state index in [1.165, 1.54) is 19.1 Å². The summed E-state index contributed by atoms with van der Waals surface area (Å²) in [4.78, 5) is 0. The summed E-state index contributed by atoms with van der Waals surface area (Å²) < 4.78 is 26.6. The van der Waals surface area contributed by atoms with Gasteiger partial charge in [0.2, 0.25) is 0 Å². The van der Waals surface area contributed by atoms with Gasteiger partial charge in [-0.2, -0.15) is 0 Å². The van der Waals surface area contributed by atoms with Gasteiger partial charge in [-0.1, -0.05) is 25.1 Å². The van der Waals surface area contributed by atoms with Crippen molar-refractivity contribution < 1.29 is 8.78 Å². The summed E-state index contributed by atoms with van der Waals surface area (Å²) in [5.41, 5.74) is 6.42. The van der Waals surface area contributed by atoms with Crippen LogP contribution in [-0.2, 0) is 5.92 Å². The molecule has 1 rings (SSSR count). The van der Waals surface area contributed by atoms with Crippen LogP contribution < -0.4 is 5.73 Å². The summed E-state index contributed by atoms with van der Waals surface area (Å²) in [7, 11) is 0. The minimum absolute atomic E-state index is 0.0507. The molecule has 1 atom stereocenters. The molecule has 1 aromatic rings. The molecule has 0 aromatic heterocycles. The first-order valence-corrected chi connectivity index (χ1v) is 4.71. The van der Waals surface area contributed by atoms with Crippen LogP contribution in [0.15, 0.2) is 24.3 Å². The summed E-state index contributed by atoms with van der Waals surface area (Å²) in [5.74, 6) is -2.75. The van der Waals surface area contributed by atoms with Gasteiger partial charge in [0.05, 0.1) is 0 Å². The Morgan fingerprint density at radius 3 is 2.57 bits per heavy atom. The Morgan fingerprint density at radius 2 is 2.07 bits per heavy atom. The first kappa shape index (κ1) is 11.1. The highest BCUT2D eigenvalue weighted by Crippen LogP contribution is 2.32. The van der Waals surface area contributed by atoms with Crippen molar-refractivity contribution in [3.63, 3.8) is 0 Å². The zero-order valence-electron chi connectivity index (χ0n) is 8.43. The lowest BCUT2D eigenvalue weighted by Crippen LogP contribution is -2.13. The monoisotopic (exact) mass is 199 g/mol. The second-order valence-corrected chi connectivity index (χ2v) is 3.47. The van der Waals surface area contributed by atoms with Gasteiger partial charge in [-0.05, 0) is 18.6 Å². The second-order valence-electron chi connectivity index (χ2n) is 3.47. The lowest BCUT2D eigenvalue weighted by molar-refractivity contribution is -0.00836. The maximum absolute atomic E-state index is 13.3. The number of benzene rings is 1. The van der Waals surface area contributed by atoms with E-state index in [0.29, 0.717) is 0 Å². The van der Waals surface area contributed by atoms with Crippen LogP contribution in [0.3, 0.4) is 0 Å². The quantitative estimate of drug-likeness (QED) is 0.794. The second kappa shape index (κ2) is 4.05. The van der Waals surface area contributed by atoms with Crippen molar-refractivity contribution in [1.82, 2.24) is 0 Å². The molecule has 0 bridgehead atoms. The minimum atomic E-state index is -2.75. The third kappa shape index (κ3) is 2.29. The Balaban J connectivity index is 3.05. The summed E-state index contributed by atoms with van der Waals surface area (Å²) >= 11 is 0. The molecule has 2 N–H and O–H groups in total. The van der Waals surface area contributed by atoms with Crippen LogP contribution in [-0.4, -0.2) is 0 Å². The standard InChI is InChI=1S/C11H15F2N/c1-3-11(12,13)10-6-4-5-9(7-10)8(2)14/h4-8H,3,14H2,1-2H3. The fraction of sp³-hybridized carbons (Fsp3) is 0.455. The summed E-state index contributed by atoms with van der Waals surface area (Å²) in [6.07, 6.45) is -0.185. The fourth-order valence-corrected chi connectivity index (χ4v) is 1.25. The number of hydrogen-bond donors (Lipinski definition) is 1. The largest absolute Gasteiger partial charge is 0.324 e. The molecule has 1 aromatic carbocycles. The van der Waals surface area contributed by atoms with Gasteiger partial charge >= 0.3 is 0 Å². The molecule has 0 amide bonds. The maximum Gasteiger partial charge on any atom is 0.273 e. The molecule has 0 heterocycles. The SMILES string of the molecule is CCC(F)(F)c1cccc(C(C)N)c1. The molecule has 3 heteroatoms. The Labute approximate surface area is 82.9 Å². The van der Waals surface area contributed by atoms with E-state index in [1.54, 1.807) is 19.1 Å². The molecule has 1 nitrogen and oxygen atoms in total. The highest BCUT2D eigenvalue weighted by Gasteiger charge is 2.28. The van der Waals surface area contributed by atoms with Gasteiger partial charge in [0.1, 0.15) is 0 Å². The van der Waals surface area contributed by atoms with Crippen LogP contribution in [0.25, 0.3) is 0 Å². The topological polar surface area (TPSA) is 26.0 Å². The van der Waals surface area contributed by atoms with Crippen LogP contribution >= 0.6 is 0 Å². The van der Waals surface area contributed by atoms with Crippen molar-refractivity contribution in [2.24, 2.45) is 5.73 Å². The zero-order chi connectivity index (χ0) is 10.8. The van der Waals surface area contributed by atoms with E-state index < -0.39 is 5.92 Å². The number of hydrogen-bond acceptors (Lipinski definition) is 1. The van der Waals surface area contributed by atoms with Gasteiger partial charge in [-0.3, -0.25) is 0 Å². The van der Waals surface area contributed by atoms with E-state index in [4.69, 9.17) is 5.73 Å².